The number of methoxy groups -OCH3 is 1. The van der Waals surface area contributed by atoms with Crippen LogP contribution in [0.25, 0.3) is 0 Å². The molecule has 0 aromatic carbocycles. The van der Waals surface area contributed by atoms with Crippen LogP contribution in [-0.4, -0.2) is 24.2 Å². The second-order valence-electron chi connectivity index (χ2n) is 4.03. The second kappa shape index (κ2) is 4.68. The largest absolute Gasteiger partial charge is 0.396 e. The Morgan fingerprint density at radius 1 is 1.60 bits per heavy atom. The number of aromatic nitrogens is 1. The molecule has 1 aromatic rings. The first-order valence-electron chi connectivity index (χ1n) is 4.63. The van der Waals surface area contributed by atoms with Crippen LogP contribution in [0.1, 0.15) is 13.8 Å². The van der Waals surface area contributed by atoms with Gasteiger partial charge in [-0.2, -0.15) is 0 Å². The molecule has 3 N–H and O–H groups in total. The van der Waals surface area contributed by atoms with Crippen molar-refractivity contribution in [1.29, 1.82) is 0 Å². The predicted molar refractivity (Wildman–Crippen MR) is 63.2 cm³/mol. The maximum Gasteiger partial charge on any atom is 0.149 e. The zero-order valence-corrected chi connectivity index (χ0v) is 9.93. The van der Waals surface area contributed by atoms with Gasteiger partial charge in [0.25, 0.3) is 0 Å². The van der Waals surface area contributed by atoms with Gasteiger partial charge in [0, 0.05) is 13.3 Å². The molecule has 0 radical (unpaired) electrons. The maximum atomic E-state index is 5.77. The van der Waals surface area contributed by atoms with Gasteiger partial charge in [-0.15, -0.1) is 0 Å². The zero-order chi connectivity index (χ0) is 11.5. The number of hydrogen-bond acceptors (Lipinski definition) is 4. The molecule has 15 heavy (non-hydrogen) atoms. The van der Waals surface area contributed by atoms with Gasteiger partial charge < -0.3 is 15.8 Å². The molecular formula is C10H16ClN3O. The number of nitrogens with zero attached hydrogens (tertiary/aromatic N) is 1. The van der Waals surface area contributed by atoms with E-state index in [0.29, 0.717) is 23.1 Å². The molecule has 0 bridgehead atoms. The summed E-state index contributed by atoms with van der Waals surface area (Å²) in [5.74, 6) is 0.626. The number of rotatable bonds is 4. The molecule has 4 nitrogen and oxygen atoms in total. The summed E-state index contributed by atoms with van der Waals surface area (Å²) in [5.41, 5.74) is 6.09. The topological polar surface area (TPSA) is 60.2 Å². The number of hydrogen-bond donors (Lipinski definition) is 2. The van der Waals surface area contributed by atoms with E-state index >= 15 is 0 Å². The Bertz CT molecular complexity index is 341. The number of ether oxygens (including phenoxy) is 1. The number of pyridine rings is 1. The Morgan fingerprint density at radius 3 is 2.80 bits per heavy atom. The third-order valence-electron chi connectivity index (χ3n) is 1.85. The van der Waals surface area contributed by atoms with E-state index < -0.39 is 0 Å². The first-order chi connectivity index (χ1) is 6.94. The van der Waals surface area contributed by atoms with Crippen LogP contribution in [0.5, 0.6) is 0 Å². The minimum absolute atomic E-state index is 0.219. The number of anilines is 2. The van der Waals surface area contributed by atoms with E-state index in [1.54, 1.807) is 19.4 Å². The van der Waals surface area contributed by atoms with Crippen molar-refractivity contribution in [1.82, 2.24) is 4.98 Å². The smallest absolute Gasteiger partial charge is 0.149 e. The van der Waals surface area contributed by atoms with Gasteiger partial charge in [0.1, 0.15) is 5.82 Å². The molecule has 0 aliphatic heterocycles. The highest BCUT2D eigenvalue weighted by Crippen LogP contribution is 2.22. The van der Waals surface area contributed by atoms with Gasteiger partial charge in [0.2, 0.25) is 0 Å². The van der Waals surface area contributed by atoms with Gasteiger partial charge in [0.05, 0.1) is 22.9 Å². The van der Waals surface area contributed by atoms with Gasteiger partial charge in [-0.3, -0.25) is 0 Å². The maximum absolute atomic E-state index is 5.77. The molecule has 0 aliphatic rings. The highest BCUT2D eigenvalue weighted by Gasteiger charge is 2.18. The molecule has 0 amide bonds. The van der Waals surface area contributed by atoms with Crippen LogP contribution >= 0.6 is 11.6 Å². The van der Waals surface area contributed by atoms with Gasteiger partial charge in [-0.25, -0.2) is 4.98 Å². The average molecular weight is 230 g/mol. The third-order valence-corrected chi connectivity index (χ3v) is 2.05. The van der Waals surface area contributed by atoms with E-state index in [4.69, 9.17) is 22.1 Å². The minimum Gasteiger partial charge on any atom is -0.396 e. The minimum atomic E-state index is -0.219. The molecule has 0 aliphatic carbocycles. The van der Waals surface area contributed by atoms with Gasteiger partial charge in [0.15, 0.2) is 0 Å². The second-order valence-corrected chi connectivity index (χ2v) is 4.47. The lowest BCUT2D eigenvalue weighted by atomic mass is 10.1. The fourth-order valence-corrected chi connectivity index (χ4v) is 1.44. The Labute approximate surface area is 94.8 Å². The standard InChI is InChI=1S/C10H16ClN3O/c1-10(2,6-15-3)14-9-8(12)4-7(11)5-13-9/h4-5H,6,12H2,1-3H3,(H,13,14). The van der Waals surface area contributed by atoms with E-state index in [2.05, 4.69) is 10.3 Å². The van der Waals surface area contributed by atoms with Gasteiger partial charge >= 0.3 is 0 Å². The summed E-state index contributed by atoms with van der Waals surface area (Å²) in [5, 5.41) is 3.73. The van der Waals surface area contributed by atoms with Crippen molar-refractivity contribution in [2.45, 2.75) is 19.4 Å². The van der Waals surface area contributed by atoms with Crippen LogP contribution in [0.3, 0.4) is 0 Å². The molecule has 1 aromatic heterocycles. The van der Waals surface area contributed by atoms with Crippen LogP contribution in [-0.2, 0) is 4.74 Å². The zero-order valence-electron chi connectivity index (χ0n) is 9.17. The van der Waals surface area contributed by atoms with Crippen molar-refractivity contribution in [2.75, 3.05) is 24.8 Å². The Balaban J connectivity index is 2.80. The lowest BCUT2D eigenvalue weighted by Crippen LogP contribution is -2.36. The number of nitrogens with one attached hydrogen (secondary N) is 1. The van der Waals surface area contributed by atoms with E-state index in [9.17, 15) is 0 Å². The SMILES string of the molecule is COCC(C)(C)Nc1ncc(Cl)cc1N. The average Bonchev–Trinajstić information content (AvgIpc) is 2.09. The van der Waals surface area contributed by atoms with Crippen LogP contribution in [0, 0.1) is 0 Å². The highest BCUT2D eigenvalue weighted by atomic mass is 35.5. The normalized spacial score (nSPS) is 11.5. The summed E-state index contributed by atoms with van der Waals surface area (Å²) in [7, 11) is 1.65. The summed E-state index contributed by atoms with van der Waals surface area (Å²) in [6.45, 7) is 4.58. The molecule has 0 atom stereocenters. The quantitative estimate of drug-likeness (QED) is 0.831. The Morgan fingerprint density at radius 2 is 2.27 bits per heavy atom. The number of halogens is 1. The van der Waals surface area contributed by atoms with E-state index in [-0.39, 0.29) is 5.54 Å². The van der Waals surface area contributed by atoms with E-state index in [1.807, 2.05) is 13.8 Å². The molecule has 1 heterocycles. The lowest BCUT2D eigenvalue weighted by molar-refractivity contribution is 0.158. The molecule has 0 unspecified atom stereocenters. The van der Waals surface area contributed by atoms with Crippen molar-refractivity contribution in [3.05, 3.63) is 17.3 Å². The molecule has 5 heteroatoms. The predicted octanol–water partition coefficient (Wildman–Crippen LogP) is 2.15. The van der Waals surface area contributed by atoms with Crippen LogP contribution in [0.2, 0.25) is 5.02 Å². The number of nitrogen functional groups attached to an aromatic ring is 1. The first-order valence-corrected chi connectivity index (χ1v) is 5.00. The summed E-state index contributed by atoms with van der Waals surface area (Å²) < 4.78 is 5.09. The van der Waals surface area contributed by atoms with Crippen LogP contribution in [0.15, 0.2) is 12.3 Å². The molecule has 0 fully saturated rings. The summed E-state index contributed by atoms with van der Waals surface area (Å²) >= 11 is 5.75. The molecule has 0 saturated carbocycles. The molecular weight excluding hydrogens is 214 g/mol. The van der Waals surface area contributed by atoms with Crippen molar-refractivity contribution < 1.29 is 4.74 Å². The van der Waals surface area contributed by atoms with Crippen LogP contribution in [0.4, 0.5) is 11.5 Å². The first kappa shape index (κ1) is 12.1. The monoisotopic (exact) mass is 229 g/mol. The van der Waals surface area contributed by atoms with Crippen molar-refractivity contribution >= 4 is 23.1 Å². The van der Waals surface area contributed by atoms with E-state index in [0.717, 1.165) is 0 Å². The lowest BCUT2D eigenvalue weighted by Gasteiger charge is -2.26. The Kier molecular flexibility index (Phi) is 3.77. The molecule has 0 spiro atoms. The number of nitrogens with two attached hydrogens (primary N) is 1. The molecule has 1 rings (SSSR count). The fraction of sp³-hybridized carbons (Fsp3) is 0.500. The van der Waals surface area contributed by atoms with Crippen molar-refractivity contribution in [2.24, 2.45) is 0 Å². The molecule has 84 valence electrons. The van der Waals surface area contributed by atoms with Crippen LogP contribution < -0.4 is 11.1 Å². The Hall–Kier alpha value is -1.00. The van der Waals surface area contributed by atoms with E-state index in [1.165, 1.54) is 0 Å². The highest BCUT2D eigenvalue weighted by molar-refractivity contribution is 6.30. The van der Waals surface area contributed by atoms with Gasteiger partial charge in [-0.05, 0) is 19.9 Å². The third kappa shape index (κ3) is 3.57. The van der Waals surface area contributed by atoms with Gasteiger partial charge in [-0.1, -0.05) is 11.6 Å². The summed E-state index contributed by atoms with van der Waals surface area (Å²) in [6, 6.07) is 1.67. The fourth-order valence-electron chi connectivity index (χ4n) is 1.28. The molecule has 0 saturated heterocycles. The van der Waals surface area contributed by atoms with Crippen molar-refractivity contribution in [3.8, 4) is 0 Å². The van der Waals surface area contributed by atoms with Crippen molar-refractivity contribution in [3.63, 3.8) is 0 Å². The summed E-state index contributed by atoms with van der Waals surface area (Å²) in [4.78, 5) is 4.12. The summed E-state index contributed by atoms with van der Waals surface area (Å²) in [6.07, 6.45) is 1.56.